The zero-order chi connectivity index (χ0) is 19.3. The van der Waals surface area contributed by atoms with Gasteiger partial charge in [-0.1, -0.05) is 19.9 Å². The predicted molar refractivity (Wildman–Crippen MR) is 98.1 cm³/mol. The van der Waals surface area contributed by atoms with Gasteiger partial charge in [-0.25, -0.2) is 18.1 Å². The maximum absolute atomic E-state index is 12.5. The highest BCUT2D eigenvalue weighted by Crippen LogP contribution is 2.13. The van der Waals surface area contributed by atoms with Crippen LogP contribution in [0, 0.1) is 5.92 Å². The largest absolute Gasteiger partial charge is 0.341 e. The van der Waals surface area contributed by atoms with Crippen LogP contribution < -0.4 is 4.72 Å². The van der Waals surface area contributed by atoms with Gasteiger partial charge < -0.3 is 4.90 Å². The molecule has 1 N–H and O–H groups in total. The lowest BCUT2D eigenvalue weighted by atomic mass is 10.1. The van der Waals surface area contributed by atoms with E-state index < -0.39 is 10.0 Å². The fraction of sp³-hybridized carbons (Fsp3) is 0.471. The molecule has 0 fully saturated rings. The average molecular weight is 379 g/mol. The van der Waals surface area contributed by atoms with Gasteiger partial charge in [-0.2, -0.15) is 5.10 Å². The van der Waals surface area contributed by atoms with Gasteiger partial charge in [-0.15, -0.1) is 0 Å². The molecule has 1 amide bonds. The van der Waals surface area contributed by atoms with E-state index in [4.69, 9.17) is 0 Å². The van der Waals surface area contributed by atoms with E-state index in [-0.39, 0.29) is 17.3 Å². The number of rotatable bonds is 8. The molecule has 1 aromatic carbocycles. The van der Waals surface area contributed by atoms with Crippen LogP contribution in [-0.4, -0.2) is 54.1 Å². The van der Waals surface area contributed by atoms with Crippen molar-refractivity contribution in [3.8, 4) is 0 Å². The topological polar surface area (TPSA) is 97.2 Å². The number of nitrogens with zero attached hydrogens (tertiary/aromatic N) is 4. The molecule has 0 atom stereocenters. The van der Waals surface area contributed by atoms with E-state index in [0.717, 1.165) is 0 Å². The predicted octanol–water partition coefficient (Wildman–Crippen LogP) is 1.06. The summed E-state index contributed by atoms with van der Waals surface area (Å²) in [5.41, 5.74) is 0.351. The van der Waals surface area contributed by atoms with Crippen molar-refractivity contribution in [1.29, 1.82) is 0 Å². The molecule has 0 saturated carbocycles. The number of amides is 1. The van der Waals surface area contributed by atoms with Crippen molar-refractivity contribution in [3.05, 3.63) is 42.0 Å². The Bertz CT molecular complexity index is 861. The van der Waals surface area contributed by atoms with E-state index in [1.54, 1.807) is 35.8 Å². The number of aromatic nitrogens is 3. The molecule has 26 heavy (non-hydrogen) atoms. The maximum Gasteiger partial charge on any atom is 0.253 e. The van der Waals surface area contributed by atoms with Crippen molar-refractivity contribution < 1.29 is 13.2 Å². The lowest BCUT2D eigenvalue weighted by Crippen LogP contribution is -2.31. The van der Waals surface area contributed by atoms with Crippen LogP contribution in [0.5, 0.6) is 0 Å². The monoisotopic (exact) mass is 379 g/mol. The molecule has 0 aliphatic carbocycles. The highest BCUT2D eigenvalue weighted by atomic mass is 32.2. The molecule has 1 aromatic heterocycles. The minimum Gasteiger partial charge on any atom is -0.341 e. The first-order chi connectivity index (χ1) is 12.2. The van der Waals surface area contributed by atoms with Gasteiger partial charge >= 0.3 is 0 Å². The first-order valence-corrected chi connectivity index (χ1v) is 9.87. The smallest absolute Gasteiger partial charge is 0.253 e. The van der Waals surface area contributed by atoms with Crippen molar-refractivity contribution in [2.24, 2.45) is 13.0 Å². The number of hydrogen-bond donors (Lipinski definition) is 1. The van der Waals surface area contributed by atoms with Gasteiger partial charge in [0.25, 0.3) is 5.91 Å². The third kappa shape index (κ3) is 5.12. The molecule has 0 bridgehead atoms. The highest BCUT2D eigenvalue weighted by molar-refractivity contribution is 7.89. The van der Waals surface area contributed by atoms with Gasteiger partial charge in [0, 0.05) is 39.2 Å². The zero-order valence-corrected chi connectivity index (χ0v) is 16.3. The van der Waals surface area contributed by atoms with Gasteiger partial charge in [-0.3, -0.25) is 9.48 Å². The van der Waals surface area contributed by atoms with Crippen LogP contribution in [0.3, 0.4) is 0 Å². The molecule has 0 spiro atoms. The first-order valence-electron chi connectivity index (χ1n) is 8.39. The standard InChI is InChI=1S/C17H25N5O3S/c1-13(2)11-21(3)17(23)14-6-5-7-15(10-14)26(24,25)20-9-8-16-18-12-19-22(16)4/h5-7,10,12-13,20H,8-9,11H2,1-4H3. The van der Waals surface area contributed by atoms with Crippen LogP contribution in [0.4, 0.5) is 0 Å². The second-order valence-electron chi connectivity index (χ2n) is 6.56. The van der Waals surface area contributed by atoms with E-state index in [1.165, 1.54) is 18.5 Å². The SMILES string of the molecule is CC(C)CN(C)C(=O)c1cccc(S(=O)(=O)NCCc2ncnn2C)c1. The summed E-state index contributed by atoms with van der Waals surface area (Å²) in [6.45, 7) is 4.84. The quantitative estimate of drug-likeness (QED) is 0.740. The molecule has 0 saturated heterocycles. The Morgan fingerprint density at radius 1 is 1.35 bits per heavy atom. The van der Waals surface area contributed by atoms with Crippen LogP contribution in [-0.2, 0) is 23.5 Å². The molecule has 8 nitrogen and oxygen atoms in total. The van der Waals surface area contributed by atoms with Gasteiger partial charge in [0.15, 0.2) is 0 Å². The Morgan fingerprint density at radius 3 is 2.69 bits per heavy atom. The number of hydrogen-bond acceptors (Lipinski definition) is 5. The minimum absolute atomic E-state index is 0.0688. The Hall–Kier alpha value is -2.26. The molecule has 9 heteroatoms. The summed E-state index contributed by atoms with van der Waals surface area (Å²) in [6.07, 6.45) is 1.85. The molecule has 142 valence electrons. The van der Waals surface area contributed by atoms with Gasteiger partial charge in [0.1, 0.15) is 12.2 Å². The van der Waals surface area contributed by atoms with Crippen molar-refractivity contribution in [2.75, 3.05) is 20.1 Å². The second-order valence-corrected chi connectivity index (χ2v) is 8.32. The number of benzene rings is 1. The van der Waals surface area contributed by atoms with Gasteiger partial charge in [0.05, 0.1) is 4.90 Å². The van der Waals surface area contributed by atoms with Crippen molar-refractivity contribution in [1.82, 2.24) is 24.4 Å². The third-order valence-electron chi connectivity index (χ3n) is 3.82. The number of carbonyl (C=O) groups excluding carboxylic acids is 1. The van der Waals surface area contributed by atoms with Crippen LogP contribution in [0.1, 0.15) is 30.0 Å². The van der Waals surface area contributed by atoms with Crippen LogP contribution in [0.2, 0.25) is 0 Å². The molecule has 0 radical (unpaired) electrons. The van der Waals surface area contributed by atoms with E-state index in [1.807, 2.05) is 13.8 Å². The van der Waals surface area contributed by atoms with Crippen LogP contribution in [0.25, 0.3) is 0 Å². The summed E-state index contributed by atoms with van der Waals surface area (Å²) in [7, 11) is -0.249. The number of carbonyl (C=O) groups is 1. The Labute approximate surface area is 154 Å². The summed E-state index contributed by atoms with van der Waals surface area (Å²) < 4.78 is 29.1. The van der Waals surface area contributed by atoms with E-state index >= 15 is 0 Å². The average Bonchev–Trinajstić information content (AvgIpc) is 2.98. The van der Waals surface area contributed by atoms with Crippen LogP contribution >= 0.6 is 0 Å². The molecule has 0 aliphatic rings. The summed E-state index contributed by atoms with van der Waals surface area (Å²) in [5, 5.41) is 3.94. The molecule has 2 aromatic rings. The Balaban J connectivity index is 2.07. The Morgan fingerprint density at radius 2 is 2.08 bits per heavy atom. The maximum atomic E-state index is 12.5. The van der Waals surface area contributed by atoms with E-state index in [0.29, 0.717) is 30.3 Å². The summed E-state index contributed by atoms with van der Waals surface area (Å²) in [6, 6.07) is 6.08. The highest BCUT2D eigenvalue weighted by Gasteiger charge is 2.18. The molecule has 1 heterocycles. The molecule has 2 rings (SSSR count). The molecular formula is C17H25N5O3S. The summed E-state index contributed by atoms with van der Waals surface area (Å²) >= 11 is 0. The zero-order valence-electron chi connectivity index (χ0n) is 15.5. The first kappa shape index (κ1) is 20.1. The summed E-state index contributed by atoms with van der Waals surface area (Å²) in [5.74, 6) is 0.819. The van der Waals surface area contributed by atoms with Crippen molar-refractivity contribution in [2.45, 2.75) is 25.2 Å². The molecular weight excluding hydrogens is 354 g/mol. The third-order valence-corrected chi connectivity index (χ3v) is 5.28. The minimum atomic E-state index is -3.71. The van der Waals surface area contributed by atoms with E-state index in [9.17, 15) is 13.2 Å². The number of nitrogens with one attached hydrogen (secondary N) is 1. The Kier molecular flexibility index (Phi) is 6.49. The molecule has 0 aliphatic heterocycles. The fourth-order valence-electron chi connectivity index (χ4n) is 2.57. The van der Waals surface area contributed by atoms with Gasteiger partial charge in [-0.05, 0) is 24.1 Å². The number of aryl methyl sites for hydroxylation is 1. The van der Waals surface area contributed by atoms with Gasteiger partial charge in [0.2, 0.25) is 10.0 Å². The normalized spacial score (nSPS) is 11.7. The molecule has 0 unspecified atom stereocenters. The summed E-state index contributed by atoms with van der Waals surface area (Å²) in [4.78, 5) is 18.2. The lowest BCUT2D eigenvalue weighted by molar-refractivity contribution is 0.0779. The lowest BCUT2D eigenvalue weighted by Gasteiger charge is -2.19. The van der Waals surface area contributed by atoms with Crippen molar-refractivity contribution >= 4 is 15.9 Å². The van der Waals surface area contributed by atoms with E-state index in [2.05, 4.69) is 14.8 Å². The van der Waals surface area contributed by atoms with Crippen molar-refractivity contribution in [3.63, 3.8) is 0 Å². The number of sulfonamides is 1. The fourth-order valence-corrected chi connectivity index (χ4v) is 3.65. The van der Waals surface area contributed by atoms with Crippen LogP contribution in [0.15, 0.2) is 35.5 Å². The second kappa shape index (κ2) is 8.41.